The molecule has 0 aromatic heterocycles. The Bertz CT molecular complexity index is 539. The summed E-state index contributed by atoms with van der Waals surface area (Å²) in [7, 11) is 1.55. The molecule has 4 nitrogen and oxygen atoms in total. The molecule has 0 aliphatic heterocycles. The van der Waals surface area contributed by atoms with E-state index in [9.17, 15) is 4.79 Å². The number of methoxy groups -OCH3 is 1. The Hall–Kier alpha value is -2.17. The summed E-state index contributed by atoms with van der Waals surface area (Å²) in [4.78, 5) is 11.9. The van der Waals surface area contributed by atoms with E-state index in [1.807, 2.05) is 36.4 Å². The average Bonchev–Trinajstić information content (AvgIpc) is 2.56. The molecule has 0 saturated heterocycles. The van der Waals surface area contributed by atoms with Gasteiger partial charge in [-0.05, 0) is 17.7 Å². The molecule has 2 aromatic rings. The van der Waals surface area contributed by atoms with Crippen LogP contribution in [0, 0.1) is 0 Å². The van der Waals surface area contributed by atoms with E-state index in [1.165, 1.54) is 0 Å². The summed E-state index contributed by atoms with van der Waals surface area (Å²) >= 11 is 0. The van der Waals surface area contributed by atoms with Crippen LogP contribution in [-0.2, 0) is 14.2 Å². The molecule has 0 aliphatic rings. The molecule has 0 heterocycles. The van der Waals surface area contributed by atoms with Crippen molar-refractivity contribution in [3.05, 3.63) is 71.8 Å². The Kier molecular flexibility index (Phi) is 5.94. The fraction of sp³-hybridized carbons (Fsp3) is 0.235. The van der Waals surface area contributed by atoms with Crippen molar-refractivity contribution in [2.45, 2.75) is 6.10 Å². The smallest absolute Gasteiger partial charge is 0.338 e. The molecule has 0 bridgehead atoms. The summed E-state index contributed by atoms with van der Waals surface area (Å²) in [5, 5.41) is 0. The van der Waals surface area contributed by atoms with Gasteiger partial charge in [-0.15, -0.1) is 0 Å². The third kappa shape index (κ3) is 4.70. The number of hydrogen-bond donors (Lipinski definition) is 0. The number of esters is 1. The highest BCUT2D eigenvalue weighted by atomic mass is 16.7. The van der Waals surface area contributed by atoms with Gasteiger partial charge in [0.1, 0.15) is 19.5 Å². The predicted molar refractivity (Wildman–Crippen MR) is 78.9 cm³/mol. The van der Waals surface area contributed by atoms with Gasteiger partial charge in [0, 0.05) is 7.11 Å². The van der Waals surface area contributed by atoms with Gasteiger partial charge in [-0.3, -0.25) is 0 Å². The molecule has 0 unspecified atom stereocenters. The van der Waals surface area contributed by atoms with Crippen LogP contribution in [0.4, 0.5) is 0 Å². The molecular weight excluding hydrogens is 268 g/mol. The highest BCUT2D eigenvalue weighted by molar-refractivity contribution is 5.89. The van der Waals surface area contributed by atoms with Crippen LogP contribution in [0.5, 0.6) is 0 Å². The molecule has 2 rings (SSSR count). The van der Waals surface area contributed by atoms with Crippen molar-refractivity contribution >= 4 is 5.97 Å². The lowest BCUT2D eigenvalue weighted by molar-refractivity contribution is -0.0916. The highest BCUT2D eigenvalue weighted by Crippen LogP contribution is 2.18. The van der Waals surface area contributed by atoms with Crippen LogP contribution < -0.4 is 0 Å². The molecule has 0 fully saturated rings. The van der Waals surface area contributed by atoms with E-state index in [2.05, 4.69) is 0 Å². The van der Waals surface area contributed by atoms with Gasteiger partial charge in [0.05, 0.1) is 5.56 Å². The Morgan fingerprint density at radius 3 is 2.24 bits per heavy atom. The molecule has 1 atom stereocenters. The molecule has 0 amide bonds. The Morgan fingerprint density at radius 2 is 1.62 bits per heavy atom. The van der Waals surface area contributed by atoms with E-state index in [0.717, 1.165) is 5.56 Å². The second-order valence-corrected chi connectivity index (χ2v) is 4.44. The van der Waals surface area contributed by atoms with Crippen LogP contribution in [0.2, 0.25) is 0 Å². The second kappa shape index (κ2) is 8.19. The van der Waals surface area contributed by atoms with Gasteiger partial charge in [0.2, 0.25) is 0 Å². The van der Waals surface area contributed by atoms with E-state index in [0.29, 0.717) is 5.56 Å². The lowest BCUT2D eigenvalue weighted by Crippen LogP contribution is -2.16. The average molecular weight is 286 g/mol. The number of rotatable bonds is 7. The van der Waals surface area contributed by atoms with E-state index in [-0.39, 0.29) is 25.5 Å². The van der Waals surface area contributed by atoms with Crippen molar-refractivity contribution < 1.29 is 19.0 Å². The standard InChI is InChI=1S/C17H18O4/c1-19-13-21-16(14-8-4-2-5-9-14)12-20-17(18)15-10-6-3-7-11-15/h2-11,16H,12-13H2,1H3/t16-/m1/s1. The SMILES string of the molecule is COCO[C@H](COC(=O)c1ccccc1)c1ccccc1. The molecule has 110 valence electrons. The Labute approximate surface area is 124 Å². The zero-order valence-electron chi connectivity index (χ0n) is 11.9. The van der Waals surface area contributed by atoms with Gasteiger partial charge in [-0.25, -0.2) is 4.79 Å². The summed E-state index contributed by atoms with van der Waals surface area (Å²) in [5.41, 5.74) is 1.46. The number of ether oxygens (including phenoxy) is 3. The molecule has 0 spiro atoms. The molecule has 4 heteroatoms. The van der Waals surface area contributed by atoms with Crippen LogP contribution in [-0.4, -0.2) is 26.5 Å². The predicted octanol–water partition coefficient (Wildman–Crippen LogP) is 3.21. The zero-order chi connectivity index (χ0) is 14.9. The first-order chi connectivity index (χ1) is 10.3. The minimum Gasteiger partial charge on any atom is -0.459 e. The Balaban J connectivity index is 1.97. The van der Waals surface area contributed by atoms with Crippen LogP contribution in [0.3, 0.4) is 0 Å². The summed E-state index contributed by atoms with van der Waals surface area (Å²) in [6, 6.07) is 18.5. The Morgan fingerprint density at radius 1 is 1.00 bits per heavy atom. The normalized spacial score (nSPS) is 11.9. The monoisotopic (exact) mass is 286 g/mol. The van der Waals surface area contributed by atoms with Crippen LogP contribution >= 0.6 is 0 Å². The summed E-state index contributed by atoms with van der Waals surface area (Å²) in [6.07, 6.45) is -0.348. The van der Waals surface area contributed by atoms with E-state index in [1.54, 1.807) is 31.4 Å². The fourth-order valence-corrected chi connectivity index (χ4v) is 1.87. The first kappa shape index (κ1) is 15.2. The molecule has 0 aliphatic carbocycles. The van der Waals surface area contributed by atoms with Crippen molar-refractivity contribution in [3.63, 3.8) is 0 Å². The van der Waals surface area contributed by atoms with Gasteiger partial charge in [-0.1, -0.05) is 48.5 Å². The first-order valence-electron chi connectivity index (χ1n) is 6.69. The van der Waals surface area contributed by atoms with Crippen LogP contribution in [0.25, 0.3) is 0 Å². The van der Waals surface area contributed by atoms with Crippen molar-refractivity contribution in [1.82, 2.24) is 0 Å². The largest absolute Gasteiger partial charge is 0.459 e. The highest BCUT2D eigenvalue weighted by Gasteiger charge is 2.15. The maximum absolute atomic E-state index is 11.9. The third-order valence-electron chi connectivity index (χ3n) is 2.93. The van der Waals surface area contributed by atoms with Crippen molar-refractivity contribution in [1.29, 1.82) is 0 Å². The lowest BCUT2D eigenvalue weighted by atomic mass is 10.1. The van der Waals surface area contributed by atoms with Crippen molar-refractivity contribution in [2.24, 2.45) is 0 Å². The lowest BCUT2D eigenvalue weighted by Gasteiger charge is -2.17. The third-order valence-corrected chi connectivity index (χ3v) is 2.93. The van der Waals surface area contributed by atoms with E-state index >= 15 is 0 Å². The van der Waals surface area contributed by atoms with E-state index in [4.69, 9.17) is 14.2 Å². The minimum absolute atomic E-state index is 0.140. The molecule has 0 N–H and O–H groups in total. The first-order valence-corrected chi connectivity index (χ1v) is 6.69. The fourth-order valence-electron chi connectivity index (χ4n) is 1.87. The number of carbonyl (C=O) groups is 1. The second-order valence-electron chi connectivity index (χ2n) is 4.44. The van der Waals surface area contributed by atoms with E-state index < -0.39 is 0 Å². The summed E-state index contributed by atoms with van der Waals surface area (Å²) in [6.45, 7) is 0.281. The minimum atomic E-state index is -0.363. The molecule has 21 heavy (non-hydrogen) atoms. The van der Waals surface area contributed by atoms with Gasteiger partial charge in [-0.2, -0.15) is 0 Å². The molecule has 2 aromatic carbocycles. The van der Waals surface area contributed by atoms with Crippen molar-refractivity contribution in [3.8, 4) is 0 Å². The van der Waals surface area contributed by atoms with Crippen LogP contribution in [0.1, 0.15) is 22.0 Å². The summed E-state index contributed by atoms with van der Waals surface area (Å²) < 4.78 is 15.8. The van der Waals surface area contributed by atoms with Crippen molar-refractivity contribution in [2.75, 3.05) is 20.5 Å². The van der Waals surface area contributed by atoms with Gasteiger partial charge < -0.3 is 14.2 Å². The zero-order valence-corrected chi connectivity index (χ0v) is 11.9. The molecule has 0 saturated carbocycles. The number of benzene rings is 2. The molecular formula is C17H18O4. The summed E-state index contributed by atoms with van der Waals surface area (Å²) in [5.74, 6) is -0.363. The maximum atomic E-state index is 11.9. The number of hydrogen-bond acceptors (Lipinski definition) is 4. The van der Waals surface area contributed by atoms with Gasteiger partial charge >= 0.3 is 5.97 Å². The number of carbonyl (C=O) groups excluding carboxylic acids is 1. The van der Waals surface area contributed by atoms with Gasteiger partial charge in [0.25, 0.3) is 0 Å². The van der Waals surface area contributed by atoms with Gasteiger partial charge in [0.15, 0.2) is 0 Å². The topological polar surface area (TPSA) is 44.8 Å². The van der Waals surface area contributed by atoms with Crippen LogP contribution in [0.15, 0.2) is 60.7 Å². The maximum Gasteiger partial charge on any atom is 0.338 e. The molecule has 0 radical (unpaired) electrons. The quantitative estimate of drug-likeness (QED) is 0.579.